The third-order valence-corrected chi connectivity index (χ3v) is 7.44. The number of hydrogen-bond donors (Lipinski definition) is 0. The topological polar surface area (TPSA) is 55.8 Å². The first-order valence-electron chi connectivity index (χ1n) is 8.84. The summed E-state index contributed by atoms with van der Waals surface area (Å²) in [7, 11) is -3.48. The van der Waals surface area contributed by atoms with Crippen molar-refractivity contribution in [2.75, 3.05) is 19.9 Å². The van der Waals surface area contributed by atoms with Crippen molar-refractivity contribution in [3.8, 4) is 11.5 Å². The molecule has 0 bridgehead atoms. The molecule has 0 radical (unpaired) electrons. The average Bonchev–Trinajstić information content (AvgIpc) is 3.26. The quantitative estimate of drug-likeness (QED) is 0.826. The molecule has 2 aliphatic heterocycles. The fourth-order valence-corrected chi connectivity index (χ4v) is 5.53. The molecule has 0 aliphatic carbocycles. The van der Waals surface area contributed by atoms with E-state index in [2.05, 4.69) is 0 Å². The number of aryl methyl sites for hydroxylation is 3. The third kappa shape index (κ3) is 2.87. The predicted molar refractivity (Wildman–Crippen MR) is 99.3 cm³/mol. The summed E-state index contributed by atoms with van der Waals surface area (Å²) in [6, 6.07) is 9.64. The summed E-state index contributed by atoms with van der Waals surface area (Å²) in [5.41, 5.74) is 4.02. The lowest BCUT2D eigenvalue weighted by Crippen LogP contribution is -2.29. The first-order chi connectivity index (χ1) is 12.4. The fraction of sp³-hybridized carbons (Fsp3) is 0.400. The van der Waals surface area contributed by atoms with E-state index in [0.717, 1.165) is 40.2 Å². The molecule has 5 nitrogen and oxygen atoms in total. The molecular weight excluding hydrogens is 350 g/mol. The zero-order valence-electron chi connectivity index (χ0n) is 15.3. The molecule has 0 N–H and O–H groups in total. The van der Waals surface area contributed by atoms with Crippen molar-refractivity contribution < 1.29 is 17.9 Å². The van der Waals surface area contributed by atoms with Gasteiger partial charge in [-0.2, -0.15) is 4.31 Å². The number of ether oxygens (including phenoxy) is 2. The van der Waals surface area contributed by atoms with Gasteiger partial charge >= 0.3 is 0 Å². The third-order valence-electron chi connectivity index (χ3n) is 5.43. The van der Waals surface area contributed by atoms with E-state index in [4.69, 9.17) is 9.47 Å². The lowest BCUT2D eigenvalue weighted by atomic mass is 9.98. The van der Waals surface area contributed by atoms with Crippen LogP contribution in [-0.4, -0.2) is 32.6 Å². The van der Waals surface area contributed by atoms with E-state index in [9.17, 15) is 8.42 Å². The second-order valence-electron chi connectivity index (χ2n) is 7.16. The van der Waals surface area contributed by atoms with Gasteiger partial charge in [0.05, 0.1) is 4.90 Å². The van der Waals surface area contributed by atoms with Crippen LogP contribution in [0.15, 0.2) is 35.2 Å². The fourth-order valence-electron chi connectivity index (χ4n) is 3.74. The van der Waals surface area contributed by atoms with Gasteiger partial charge in [-0.25, -0.2) is 8.42 Å². The normalized spacial score (nSPS) is 19.9. The van der Waals surface area contributed by atoms with Crippen LogP contribution in [0.25, 0.3) is 0 Å². The molecule has 2 aromatic carbocycles. The smallest absolute Gasteiger partial charge is 0.243 e. The summed E-state index contributed by atoms with van der Waals surface area (Å²) in [6.07, 6.45) is 0.808. The molecule has 1 fully saturated rings. The predicted octanol–water partition coefficient (Wildman–Crippen LogP) is 3.52. The Bertz CT molecular complexity index is 968. The van der Waals surface area contributed by atoms with Crippen LogP contribution in [0.1, 0.15) is 34.6 Å². The van der Waals surface area contributed by atoms with Crippen LogP contribution in [0.4, 0.5) is 0 Å². The molecule has 1 saturated heterocycles. The lowest BCUT2D eigenvalue weighted by molar-refractivity contribution is 0.174. The van der Waals surface area contributed by atoms with Gasteiger partial charge in [-0.1, -0.05) is 12.1 Å². The summed E-state index contributed by atoms with van der Waals surface area (Å²) in [5.74, 6) is 1.67. The Labute approximate surface area is 154 Å². The van der Waals surface area contributed by atoms with E-state index < -0.39 is 10.0 Å². The van der Waals surface area contributed by atoms with Gasteiger partial charge in [0, 0.05) is 13.1 Å². The molecule has 6 heteroatoms. The molecule has 0 aromatic heterocycles. The summed E-state index contributed by atoms with van der Waals surface area (Å²) >= 11 is 0. The summed E-state index contributed by atoms with van der Waals surface area (Å²) in [4.78, 5) is 0.423. The molecule has 1 unspecified atom stereocenters. The highest BCUT2D eigenvalue weighted by atomic mass is 32.2. The van der Waals surface area contributed by atoms with Crippen LogP contribution in [0.5, 0.6) is 11.5 Å². The van der Waals surface area contributed by atoms with Crippen LogP contribution in [0.2, 0.25) is 0 Å². The molecule has 1 atom stereocenters. The highest BCUT2D eigenvalue weighted by Crippen LogP contribution is 2.38. The van der Waals surface area contributed by atoms with E-state index in [-0.39, 0.29) is 12.7 Å². The molecule has 2 heterocycles. The zero-order valence-corrected chi connectivity index (χ0v) is 16.1. The van der Waals surface area contributed by atoms with Gasteiger partial charge in [0.2, 0.25) is 16.8 Å². The Balaban J connectivity index is 1.59. The molecule has 2 aliphatic rings. The Morgan fingerprint density at radius 1 is 0.962 bits per heavy atom. The Hall–Kier alpha value is -2.05. The molecule has 4 rings (SSSR count). The number of nitrogens with zero attached hydrogens (tertiary/aromatic N) is 1. The van der Waals surface area contributed by atoms with Gasteiger partial charge in [-0.15, -0.1) is 0 Å². The van der Waals surface area contributed by atoms with Crippen LogP contribution in [-0.2, 0) is 10.0 Å². The summed E-state index contributed by atoms with van der Waals surface area (Å²) in [6.45, 7) is 7.10. The van der Waals surface area contributed by atoms with Gasteiger partial charge in [0.15, 0.2) is 11.5 Å². The largest absolute Gasteiger partial charge is 0.454 e. The number of hydrogen-bond acceptors (Lipinski definition) is 4. The van der Waals surface area contributed by atoms with Crippen molar-refractivity contribution in [2.24, 2.45) is 0 Å². The lowest BCUT2D eigenvalue weighted by Gasteiger charge is -2.19. The average molecular weight is 373 g/mol. The minimum atomic E-state index is -3.48. The molecule has 26 heavy (non-hydrogen) atoms. The first kappa shape index (κ1) is 17.4. The zero-order chi connectivity index (χ0) is 18.5. The van der Waals surface area contributed by atoms with Gasteiger partial charge in [-0.3, -0.25) is 0 Å². The Kier molecular flexibility index (Phi) is 4.20. The molecule has 0 spiro atoms. The highest BCUT2D eigenvalue weighted by molar-refractivity contribution is 7.89. The van der Waals surface area contributed by atoms with Crippen molar-refractivity contribution in [1.29, 1.82) is 0 Å². The van der Waals surface area contributed by atoms with E-state index in [1.165, 1.54) is 0 Å². The maximum atomic E-state index is 13.2. The van der Waals surface area contributed by atoms with E-state index in [1.807, 2.05) is 45.0 Å². The van der Waals surface area contributed by atoms with Crippen molar-refractivity contribution in [3.63, 3.8) is 0 Å². The monoisotopic (exact) mass is 373 g/mol. The Morgan fingerprint density at radius 2 is 1.69 bits per heavy atom. The summed E-state index contributed by atoms with van der Waals surface area (Å²) in [5, 5.41) is 0. The van der Waals surface area contributed by atoms with Gasteiger partial charge in [0.1, 0.15) is 0 Å². The van der Waals surface area contributed by atoms with E-state index in [0.29, 0.717) is 18.0 Å². The molecular formula is C20H23NO4S. The second-order valence-corrected chi connectivity index (χ2v) is 9.07. The standard InChI is InChI=1S/C20H23NO4S/c1-13-8-15(3)20(9-14(13)2)26(22,23)21-7-6-17(11-21)16-4-5-18-19(10-16)25-12-24-18/h4-5,8-10,17H,6-7,11-12H2,1-3H3. The molecule has 0 amide bonds. The summed E-state index contributed by atoms with van der Waals surface area (Å²) < 4.78 is 38.7. The van der Waals surface area contributed by atoms with Gasteiger partial charge < -0.3 is 9.47 Å². The van der Waals surface area contributed by atoms with Crippen molar-refractivity contribution in [2.45, 2.75) is 38.0 Å². The number of rotatable bonds is 3. The number of fused-ring (bicyclic) bond motifs is 1. The minimum Gasteiger partial charge on any atom is -0.454 e. The van der Waals surface area contributed by atoms with Crippen molar-refractivity contribution in [1.82, 2.24) is 4.31 Å². The second kappa shape index (κ2) is 6.28. The van der Waals surface area contributed by atoms with Gasteiger partial charge in [0.25, 0.3) is 0 Å². The maximum Gasteiger partial charge on any atom is 0.243 e. The SMILES string of the molecule is Cc1cc(C)c(S(=O)(=O)N2CCC(c3ccc4c(c3)OCO4)C2)cc1C. The number of sulfonamides is 1. The Morgan fingerprint density at radius 3 is 2.50 bits per heavy atom. The van der Waals surface area contributed by atoms with Crippen LogP contribution < -0.4 is 9.47 Å². The van der Waals surface area contributed by atoms with E-state index >= 15 is 0 Å². The van der Waals surface area contributed by atoms with Crippen LogP contribution >= 0.6 is 0 Å². The van der Waals surface area contributed by atoms with E-state index in [1.54, 1.807) is 10.4 Å². The molecule has 138 valence electrons. The van der Waals surface area contributed by atoms with Crippen LogP contribution in [0.3, 0.4) is 0 Å². The first-order valence-corrected chi connectivity index (χ1v) is 10.3. The molecule has 2 aromatic rings. The number of benzene rings is 2. The van der Waals surface area contributed by atoms with Crippen molar-refractivity contribution >= 4 is 10.0 Å². The van der Waals surface area contributed by atoms with Gasteiger partial charge in [-0.05, 0) is 73.6 Å². The minimum absolute atomic E-state index is 0.172. The maximum absolute atomic E-state index is 13.2. The highest BCUT2D eigenvalue weighted by Gasteiger charge is 2.34. The van der Waals surface area contributed by atoms with Crippen LogP contribution in [0, 0.1) is 20.8 Å². The van der Waals surface area contributed by atoms with Crippen molar-refractivity contribution in [3.05, 3.63) is 52.6 Å². The molecule has 0 saturated carbocycles.